The first kappa shape index (κ1) is 27.3. The Morgan fingerprint density at radius 3 is 2.42 bits per heavy atom. The Morgan fingerprint density at radius 1 is 1.00 bits per heavy atom. The van der Waals surface area contributed by atoms with Crippen LogP contribution in [-0.4, -0.2) is 23.8 Å². The molecule has 0 N–H and O–H groups in total. The highest BCUT2D eigenvalue weighted by Crippen LogP contribution is 2.35. The predicted octanol–water partition coefficient (Wildman–Crippen LogP) is 5.46. The molecule has 0 saturated heterocycles. The topological polar surface area (TPSA) is 69.9 Å². The molecule has 0 radical (unpaired) electrons. The van der Waals surface area contributed by atoms with Gasteiger partial charge in [0.15, 0.2) is 4.80 Å². The number of hydrogen-bond acceptors (Lipinski definition) is 6. The standard InChI is InChI=1S/C33H32N2O4S/c1-5-38-26-14-10-11-22(19-26)20-27-31(36)35-30(25-17-15-23(16-18-25)21(3)4)28(32(37)39-6-2)29(34-33(35)40-27)24-12-8-7-9-13-24/h7-21,30H,5-6H2,1-4H3/b27-20-/t30-/m1/s1. The van der Waals surface area contributed by atoms with Gasteiger partial charge in [-0.3, -0.25) is 9.36 Å². The van der Waals surface area contributed by atoms with Crippen molar-refractivity contribution in [3.63, 3.8) is 0 Å². The van der Waals surface area contributed by atoms with Crippen LogP contribution in [0.15, 0.2) is 94.2 Å². The smallest absolute Gasteiger partial charge is 0.338 e. The number of carbonyl (C=O) groups is 1. The van der Waals surface area contributed by atoms with Gasteiger partial charge in [-0.25, -0.2) is 9.79 Å². The Kier molecular flexibility index (Phi) is 8.12. The minimum Gasteiger partial charge on any atom is -0.494 e. The summed E-state index contributed by atoms with van der Waals surface area (Å²) in [6, 6.07) is 24.6. The van der Waals surface area contributed by atoms with E-state index in [0.29, 0.717) is 33.1 Å². The minimum atomic E-state index is -0.691. The van der Waals surface area contributed by atoms with E-state index >= 15 is 0 Å². The molecule has 0 spiro atoms. The number of esters is 1. The Balaban J connectivity index is 1.78. The third-order valence-corrected chi connectivity index (χ3v) is 7.74. The maximum atomic E-state index is 14.0. The van der Waals surface area contributed by atoms with Crippen molar-refractivity contribution in [3.05, 3.63) is 126 Å². The molecular formula is C33H32N2O4S. The van der Waals surface area contributed by atoms with Crippen LogP contribution in [0.25, 0.3) is 11.8 Å². The van der Waals surface area contributed by atoms with E-state index in [4.69, 9.17) is 14.5 Å². The molecule has 0 bridgehead atoms. The highest BCUT2D eigenvalue weighted by molar-refractivity contribution is 7.07. The van der Waals surface area contributed by atoms with Crippen LogP contribution in [0.2, 0.25) is 0 Å². The molecule has 5 rings (SSSR count). The van der Waals surface area contributed by atoms with Crippen molar-refractivity contribution in [2.45, 2.75) is 39.7 Å². The van der Waals surface area contributed by atoms with Gasteiger partial charge < -0.3 is 9.47 Å². The molecule has 1 aromatic heterocycles. The van der Waals surface area contributed by atoms with Gasteiger partial charge in [0, 0.05) is 5.56 Å². The molecule has 3 aromatic carbocycles. The molecule has 0 fully saturated rings. The summed E-state index contributed by atoms with van der Waals surface area (Å²) in [5.74, 6) is 0.605. The summed E-state index contributed by atoms with van der Waals surface area (Å²) in [5.41, 5.74) is 4.29. The van der Waals surface area contributed by atoms with Gasteiger partial charge in [0.2, 0.25) is 0 Å². The molecule has 204 valence electrons. The SMILES string of the molecule is CCOC(=O)C1=C(c2ccccc2)N=c2s/c(=C\c3cccc(OCC)c3)c(=O)n2[C@@H]1c1ccc(C(C)C)cc1. The van der Waals surface area contributed by atoms with Gasteiger partial charge in [-0.1, -0.05) is 91.9 Å². The van der Waals surface area contributed by atoms with Crippen molar-refractivity contribution in [2.24, 2.45) is 4.99 Å². The van der Waals surface area contributed by atoms with E-state index in [2.05, 4.69) is 26.0 Å². The first-order valence-electron chi connectivity index (χ1n) is 13.5. The van der Waals surface area contributed by atoms with E-state index in [-0.39, 0.29) is 12.2 Å². The number of nitrogens with zero attached hydrogens (tertiary/aromatic N) is 2. The summed E-state index contributed by atoms with van der Waals surface area (Å²) < 4.78 is 13.3. The summed E-state index contributed by atoms with van der Waals surface area (Å²) >= 11 is 1.31. The molecule has 6 nitrogen and oxygen atoms in total. The van der Waals surface area contributed by atoms with Crippen LogP contribution >= 0.6 is 11.3 Å². The van der Waals surface area contributed by atoms with Crippen LogP contribution in [-0.2, 0) is 9.53 Å². The van der Waals surface area contributed by atoms with Crippen molar-refractivity contribution in [1.29, 1.82) is 0 Å². The van der Waals surface area contributed by atoms with Crippen molar-refractivity contribution in [1.82, 2.24) is 4.57 Å². The van der Waals surface area contributed by atoms with Crippen LogP contribution < -0.4 is 19.6 Å². The van der Waals surface area contributed by atoms with Gasteiger partial charge in [-0.05, 0) is 54.7 Å². The second-order valence-electron chi connectivity index (χ2n) is 9.76. The second-order valence-corrected chi connectivity index (χ2v) is 10.8. The Morgan fingerprint density at radius 2 is 1.75 bits per heavy atom. The summed E-state index contributed by atoms with van der Waals surface area (Å²) in [4.78, 5) is 33.1. The number of hydrogen-bond donors (Lipinski definition) is 0. The molecule has 1 atom stereocenters. The third-order valence-electron chi connectivity index (χ3n) is 6.76. The molecule has 0 aliphatic carbocycles. The predicted molar refractivity (Wildman–Crippen MR) is 159 cm³/mol. The number of rotatable bonds is 8. The molecule has 1 aliphatic rings. The van der Waals surface area contributed by atoms with E-state index < -0.39 is 12.0 Å². The average molecular weight is 553 g/mol. The first-order valence-corrected chi connectivity index (χ1v) is 14.3. The molecule has 0 saturated carbocycles. The fourth-order valence-electron chi connectivity index (χ4n) is 4.83. The van der Waals surface area contributed by atoms with Gasteiger partial charge in [0.1, 0.15) is 5.75 Å². The van der Waals surface area contributed by atoms with Gasteiger partial charge in [0.05, 0.1) is 35.1 Å². The Bertz CT molecular complexity index is 1730. The largest absolute Gasteiger partial charge is 0.494 e. The van der Waals surface area contributed by atoms with Crippen molar-refractivity contribution in [3.8, 4) is 5.75 Å². The van der Waals surface area contributed by atoms with Gasteiger partial charge >= 0.3 is 5.97 Å². The van der Waals surface area contributed by atoms with E-state index in [1.807, 2.05) is 79.7 Å². The molecule has 7 heteroatoms. The molecule has 0 amide bonds. The van der Waals surface area contributed by atoms with Gasteiger partial charge in [-0.15, -0.1) is 0 Å². The average Bonchev–Trinajstić information content (AvgIpc) is 3.27. The van der Waals surface area contributed by atoms with Crippen LogP contribution in [0.3, 0.4) is 0 Å². The summed E-state index contributed by atoms with van der Waals surface area (Å²) in [5, 5.41) is 0. The quantitative estimate of drug-likeness (QED) is 0.272. The van der Waals surface area contributed by atoms with Gasteiger partial charge in [0.25, 0.3) is 5.56 Å². The zero-order valence-corrected chi connectivity index (χ0v) is 23.9. The number of benzene rings is 3. The number of ether oxygens (including phenoxy) is 2. The molecule has 40 heavy (non-hydrogen) atoms. The van der Waals surface area contributed by atoms with E-state index in [1.54, 1.807) is 11.5 Å². The summed E-state index contributed by atoms with van der Waals surface area (Å²) in [7, 11) is 0. The van der Waals surface area contributed by atoms with Crippen LogP contribution in [0.5, 0.6) is 5.75 Å². The zero-order chi connectivity index (χ0) is 28.2. The molecule has 0 unspecified atom stereocenters. The third kappa shape index (κ3) is 5.42. The van der Waals surface area contributed by atoms with E-state index in [1.165, 1.54) is 16.9 Å². The highest BCUT2D eigenvalue weighted by atomic mass is 32.1. The van der Waals surface area contributed by atoms with Crippen molar-refractivity contribution < 1.29 is 14.3 Å². The summed E-state index contributed by atoms with van der Waals surface area (Å²) in [6.07, 6.45) is 1.85. The Hall–Kier alpha value is -4.23. The molecule has 1 aliphatic heterocycles. The summed E-state index contributed by atoms with van der Waals surface area (Å²) in [6.45, 7) is 8.75. The normalized spacial score (nSPS) is 15.1. The van der Waals surface area contributed by atoms with Crippen molar-refractivity contribution >= 4 is 29.1 Å². The molecule has 4 aromatic rings. The molecular weight excluding hydrogens is 520 g/mol. The molecule has 2 heterocycles. The minimum absolute atomic E-state index is 0.211. The van der Waals surface area contributed by atoms with Crippen LogP contribution in [0, 0.1) is 0 Å². The number of carbonyl (C=O) groups excluding carboxylic acids is 1. The maximum absolute atomic E-state index is 14.0. The van der Waals surface area contributed by atoms with Gasteiger partial charge in [-0.2, -0.15) is 0 Å². The highest BCUT2D eigenvalue weighted by Gasteiger charge is 2.35. The lowest BCUT2D eigenvalue weighted by Crippen LogP contribution is -2.40. The Labute approximate surface area is 237 Å². The fraction of sp³-hybridized carbons (Fsp3) is 0.242. The van der Waals surface area contributed by atoms with E-state index in [0.717, 1.165) is 22.4 Å². The number of thiazole rings is 1. The lowest BCUT2D eigenvalue weighted by atomic mass is 9.91. The van der Waals surface area contributed by atoms with Crippen LogP contribution in [0.1, 0.15) is 61.9 Å². The monoisotopic (exact) mass is 552 g/mol. The lowest BCUT2D eigenvalue weighted by Gasteiger charge is -2.26. The number of fused-ring (bicyclic) bond motifs is 1. The second kappa shape index (κ2) is 11.9. The fourth-order valence-corrected chi connectivity index (χ4v) is 5.83. The number of aromatic nitrogens is 1. The first-order chi connectivity index (χ1) is 19.4. The zero-order valence-electron chi connectivity index (χ0n) is 23.1. The lowest BCUT2D eigenvalue weighted by molar-refractivity contribution is -0.138. The maximum Gasteiger partial charge on any atom is 0.338 e. The van der Waals surface area contributed by atoms with Crippen molar-refractivity contribution in [2.75, 3.05) is 13.2 Å². The van der Waals surface area contributed by atoms with Crippen LogP contribution in [0.4, 0.5) is 0 Å². The van der Waals surface area contributed by atoms with E-state index in [9.17, 15) is 9.59 Å².